The quantitative estimate of drug-likeness (QED) is 0.0941. The van der Waals surface area contributed by atoms with Crippen LogP contribution in [0.3, 0.4) is 0 Å². The van der Waals surface area contributed by atoms with E-state index in [0.717, 1.165) is 6.92 Å². The van der Waals surface area contributed by atoms with Crippen molar-refractivity contribution in [2.45, 2.75) is 23.4 Å². The molecule has 0 heterocycles. The number of hydrogen-bond acceptors (Lipinski definition) is 7. The predicted octanol–water partition coefficient (Wildman–Crippen LogP) is 0.799. The molecule has 0 radical (unpaired) electrons. The van der Waals surface area contributed by atoms with E-state index in [1.54, 1.807) is 45.2 Å². The Morgan fingerprint density at radius 3 is 2.36 bits per heavy atom. The minimum Gasteiger partial charge on any atom is -0.456 e. The van der Waals surface area contributed by atoms with Crippen LogP contribution in [0, 0.1) is 5.41 Å². The zero-order valence-electron chi connectivity index (χ0n) is 14.3. The molecule has 0 aromatic carbocycles. The van der Waals surface area contributed by atoms with Crippen LogP contribution in [-0.2, 0) is 23.9 Å². The van der Waals surface area contributed by atoms with Crippen LogP contribution in [0.4, 0.5) is 0 Å². The van der Waals surface area contributed by atoms with Gasteiger partial charge in [-0.1, -0.05) is 22.6 Å². The molecule has 28 heavy (non-hydrogen) atoms. The van der Waals surface area contributed by atoms with E-state index in [1.807, 2.05) is 22.6 Å². The first-order valence-corrected chi connectivity index (χ1v) is 11.3. The lowest BCUT2D eigenvalue weighted by Crippen LogP contribution is -2.53. The molecule has 2 amide bonds. The molecule has 9 nitrogen and oxygen atoms in total. The number of primary amides is 1. The van der Waals surface area contributed by atoms with Crippen LogP contribution in [0.15, 0.2) is 18.4 Å². The first kappa shape index (κ1) is 26.0. The summed E-state index contributed by atoms with van der Waals surface area (Å²) in [4.78, 5) is 47.7. The molecule has 0 saturated carbocycles. The van der Waals surface area contributed by atoms with Gasteiger partial charge >= 0.3 is 5.97 Å². The second-order valence-electron chi connectivity index (χ2n) is 5.70. The van der Waals surface area contributed by atoms with Gasteiger partial charge in [0, 0.05) is 26.2 Å². The van der Waals surface area contributed by atoms with Crippen LogP contribution in [0.2, 0.25) is 0 Å². The summed E-state index contributed by atoms with van der Waals surface area (Å²) >= 11 is 11.2. The Bertz CT molecular complexity index is 755. The second kappa shape index (κ2) is 10.8. The molecule has 0 bridgehead atoms. The van der Waals surface area contributed by atoms with Crippen molar-refractivity contribution in [2.75, 3.05) is 13.2 Å². The van der Waals surface area contributed by atoms with Crippen molar-refractivity contribution in [3.05, 3.63) is 18.4 Å². The van der Waals surface area contributed by atoms with E-state index in [1.165, 1.54) is 0 Å². The smallest absolute Gasteiger partial charge is 0.303 e. The van der Waals surface area contributed by atoms with E-state index in [4.69, 9.17) is 17.3 Å². The minimum atomic E-state index is -1.98. The topological polar surface area (TPSA) is 156 Å². The maximum atomic E-state index is 12.3. The third kappa shape index (κ3) is 5.35. The van der Waals surface area contributed by atoms with Gasteiger partial charge in [-0.3, -0.25) is 19.2 Å². The summed E-state index contributed by atoms with van der Waals surface area (Å²) in [6.07, 6.45) is -1.29. The van der Waals surface area contributed by atoms with Gasteiger partial charge in [-0.25, -0.2) is 0 Å². The number of hydrogen-bond donors (Lipinski definition) is 4. The third-order valence-corrected chi connectivity index (χ3v) is 8.37. The van der Waals surface area contributed by atoms with E-state index in [9.17, 15) is 29.4 Å². The number of amides is 2. The highest BCUT2D eigenvalue weighted by molar-refractivity contribution is 14.1. The number of halogens is 4. The molecule has 0 aromatic rings. The highest BCUT2D eigenvalue weighted by Gasteiger charge is 2.57. The molecule has 0 aromatic heterocycles. The number of allylic oxidation sites excluding steroid dienone is 2. The molecule has 5 N–H and O–H groups in total. The fourth-order valence-electron chi connectivity index (χ4n) is 2.40. The highest BCUT2D eigenvalue weighted by Crippen LogP contribution is 2.53. The Balaban J connectivity index is 3.55. The molecule has 1 aliphatic rings. The number of aliphatic hydroxyl groups is 2. The van der Waals surface area contributed by atoms with Crippen molar-refractivity contribution >= 4 is 102 Å². The molecule has 0 spiro atoms. The number of esters is 1. The molecular weight excluding hydrogens is 736 g/mol. The average Bonchev–Trinajstić information content (AvgIpc) is 2.60. The largest absolute Gasteiger partial charge is 0.456 e. The number of carbonyl (C=O) groups excluding carboxylic acids is 4. The van der Waals surface area contributed by atoms with Gasteiger partial charge in [0.1, 0.15) is 0 Å². The number of carbonyl (C=O) groups is 4. The fraction of sp³-hybridized carbons (Fsp3) is 0.467. The summed E-state index contributed by atoms with van der Waals surface area (Å²) in [5.41, 5.74) is 4.06. The fourth-order valence-corrected chi connectivity index (χ4v) is 8.37. The number of rotatable bonds is 8. The molecule has 13 heteroatoms. The SMILES string of the molecule is CC(=O)OCC(=O)NC1=C(I)C(CC(O)CO)=C(I)C(C(N)=O)(C(=O)Cl)C1I. The standard InChI is InChI=1S/C15H16ClI3N2O7/c1-5(23)28-4-8(25)21-10-9(17)7(2-6(24)3-22)11(18)15(12(10)19,13(16)26)14(20)27/h6,12,22,24H,2-4H2,1H3,(H2,20,27)(H,21,25). The van der Waals surface area contributed by atoms with Gasteiger partial charge in [0.25, 0.3) is 5.91 Å². The summed E-state index contributed by atoms with van der Waals surface area (Å²) in [6.45, 7) is 0.0132. The van der Waals surface area contributed by atoms with Gasteiger partial charge < -0.3 is 26.0 Å². The molecule has 0 aliphatic heterocycles. The van der Waals surface area contributed by atoms with Crippen molar-refractivity contribution in [3.63, 3.8) is 0 Å². The highest BCUT2D eigenvalue weighted by atomic mass is 127. The number of ether oxygens (including phenoxy) is 1. The van der Waals surface area contributed by atoms with Gasteiger partial charge in [0.15, 0.2) is 12.0 Å². The zero-order chi connectivity index (χ0) is 21.8. The zero-order valence-corrected chi connectivity index (χ0v) is 21.5. The van der Waals surface area contributed by atoms with Crippen molar-refractivity contribution < 1.29 is 34.1 Å². The average molecular weight is 752 g/mol. The molecule has 3 unspecified atom stereocenters. The van der Waals surface area contributed by atoms with Crippen molar-refractivity contribution in [1.82, 2.24) is 5.32 Å². The molecule has 0 fully saturated rings. The molecule has 0 saturated heterocycles. The Morgan fingerprint density at radius 1 is 1.36 bits per heavy atom. The number of aliphatic hydroxyl groups excluding tert-OH is 2. The maximum absolute atomic E-state index is 12.3. The lowest BCUT2D eigenvalue weighted by Gasteiger charge is -2.39. The van der Waals surface area contributed by atoms with E-state index in [0.29, 0.717) is 9.15 Å². The molecule has 1 aliphatic carbocycles. The van der Waals surface area contributed by atoms with Crippen molar-refractivity contribution in [1.29, 1.82) is 0 Å². The molecule has 156 valence electrons. The van der Waals surface area contributed by atoms with Crippen LogP contribution in [0.1, 0.15) is 13.3 Å². The van der Waals surface area contributed by atoms with Gasteiger partial charge in [-0.15, -0.1) is 0 Å². The second-order valence-corrected chi connectivity index (χ2v) is 9.44. The van der Waals surface area contributed by atoms with Gasteiger partial charge in [0.05, 0.1) is 16.6 Å². The molecule has 1 rings (SSSR count). The Morgan fingerprint density at radius 2 is 1.93 bits per heavy atom. The third-order valence-electron chi connectivity index (χ3n) is 3.78. The van der Waals surface area contributed by atoms with Crippen LogP contribution >= 0.6 is 79.4 Å². The van der Waals surface area contributed by atoms with Gasteiger partial charge in [-0.2, -0.15) is 0 Å². The number of nitrogens with two attached hydrogens (primary N) is 1. The summed E-state index contributed by atoms with van der Waals surface area (Å²) in [6, 6.07) is 0. The van der Waals surface area contributed by atoms with E-state index in [2.05, 4.69) is 10.1 Å². The minimum absolute atomic E-state index is 0.112. The van der Waals surface area contributed by atoms with Crippen molar-refractivity contribution in [3.8, 4) is 0 Å². The van der Waals surface area contributed by atoms with E-state index >= 15 is 0 Å². The monoisotopic (exact) mass is 752 g/mol. The molecule has 3 atom stereocenters. The summed E-state index contributed by atoms with van der Waals surface area (Å²) in [7, 11) is 0. The Kier molecular flexibility index (Phi) is 10.1. The van der Waals surface area contributed by atoms with Gasteiger partial charge in [-0.05, 0) is 62.4 Å². The van der Waals surface area contributed by atoms with Crippen LogP contribution in [0.5, 0.6) is 0 Å². The summed E-state index contributed by atoms with van der Waals surface area (Å²) in [5.74, 6) is -2.37. The first-order valence-electron chi connectivity index (χ1n) is 7.56. The normalized spacial score (nSPS) is 23.3. The lowest BCUT2D eigenvalue weighted by molar-refractivity contribution is -0.146. The number of nitrogens with one attached hydrogen (secondary N) is 1. The summed E-state index contributed by atoms with van der Waals surface area (Å²) in [5, 5.41) is 20.5. The summed E-state index contributed by atoms with van der Waals surface area (Å²) < 4.78 is 4.32. The lowest BCUT2D eigenvalue weighted by atomic mass is 9.77. The van der Waals surface area contributed by atoms with E-state index in [-0.39, 0.29) is 15.7 Å². The number of alkyl halides is 1. The predicted molar refractivity (Wildman–Crippen MR) is 125 cm³/mol. The van der Waals surface area contributed by atoms with Gasteiger partial charge in [0.2, 0.25) is 11.1 Å². The maximum Gasteiger partial charge on any atom is 0.303 e. The Labute approximate surface area is 206 Å². The molecular formula is C15H16ClI3N2O7. The van der Waals surface area contributed by atoms with E-state index < -0.39 is 51.7 Å². The Hall–Kier alpha value is -0.0400. The van der Waals surface area contributed by atoms with Crippen LogP contribution in [0.25, 0.3) is 0 Å². The van der Waals surface area contributed by atoms with Crippen LogP contribution in [-0.4, -0.2) is 56.5 Å². The first-order chi connectivity index (χ1) is 12.9. The van der Waals surface area contributed by atoms with Crippen molar-refractivity contribution in [2.24, 2.45) is 11.1 Å². The van der Waals surface area contributed by atoms with Crippen LogP contribution < -0.4 is 11.1 Å².